The molecule has 0 saturated carbocycles. The minimum Gasteiger partial charge on any atom is -0.391 e. The largest absolute Gasteiger partial charge is 0.516 e. The van der Waals surface area contributed by atoms with E-state index in [9.17, 15) is 21.6 Å². The van der Waals surface area contributed by atoms with Gasteiger partial charge in [-0.2, -0.15) is 21.6 Å². The molecular weight excluding hydrogens is 488 g/mol. The van der Waals surface area contributed by atoms with Gasteiger partial charge in [-0.15, -0.1) is 0 Å². The number of hydrogen-bond donors (Lipinski definition) is 1. The zero-order chi connectivity index (χ0) is 22.5. The smallest absolute Gasteiger partial charge is 0.391 e. The zero-order valence-electron chi connectivity index (χ0n) is 15.4. The van der Waals surface area contributed by atoms with Crippen molar-refractivity contribution in [2.24, 2.45) is 5.16 Å². The van der Waals surface area contributed by atoms with Crippen LogP contribution in [0.5, 0.6) is 0 Å². The first-order valence-corrected chi connectivity index (χ1v) is 11.1. The van der Waals surface area contributed by atoms with E-state index in [1.54, 1.807) is 18.2 Å². The molecule has 0 aromatic heterocycles. The number of hydrogen-bond acceptors (Lipinski definition) is 4. The molecule has 164 valence electrons. The molecule has 2 aromatic carbocycles. The van der Waals surface area contributed by atoms with Gasteiger partial charge in [0.25, 0.3) is 0 Å². The quantitative estimate of drug-likeness (QED) is 0.325. The molecule has 0 bridgehead atoms. The summed E-state index contributed by atoms with van der Waals surface area (Å²) < 4.78 is 62.9. The number of nitrogens with zero attached hydrogens (tertiary/aromatic N) is 1. The van der Waals surface area contributed by atoms with Crippen LogP contribution in [-0.2, 0) is 21.5 Å². The summed E-state index contributed by atoms with van der Waals surface area (Å²) >= 11 is 17.8. The molecule has 0 amide bonds. The van der Waals surface area contributed by atoms with Gasteiger partial charge in [0.05, 0.1) is 21.4 Å². The van der Waals surface area contributed by atoms with Gasteiger partial charge in [0, 0.05) is 10.6 Å². The monoisotopic (exact) mass is 502 g/mol. The summed E-state index contributed by atoms with van der Waals surface area (Å²) in [6.07, 6.45) is 0.857. The highest BCUT2D eigenvalue weighted by atomic mass is 35.5. The minimum atomic E-state index is -5.62. The summed E-state index contributed by atoms with van der Waals surface area (Å²) in [5.41, 5.74) is -4.84. The molecule has 0 fully saturated rings. The minimum absolute atomic E-state index is 0.00821. The predicted octanol–water partition coefficient (Wildman–Crippen LogP) is 6.63. The van der Waals surface area contributed by atoms with Crippen LogP contribution in [-0.4, -0.2) is 19.6 Å². The zero-order valence-corrected chi connectivity index (χ0v) is 18.5. The van der Waals surface area contributed by atoms with Gasteiger partial charge in [0.15, 0.2) is 0 Å². The Morgan fingerprint density at radius 2 is 1.80 bits per heavy atom. The maximum Gasteiger partial charge on any atom is 0.516 e. The van der Waals surface area contributed by atoms with Crippen LogP contribution >= 0.6 is 34.8 Å². The van der Waals surface area contributed by atoms with E-state index in [4.69, 9.17) is 39.6 Å². The van der Waals surface area contributed by atoms with E-state index in [0.717, 1.165) is 6.07 Å². The van der Waals surface area contributed by atoms with E-state index in [1.165, 1.54) is 16.9 Å². The Bertz CT molecular complexity index is 1040. The third-order valence-electron chi connectivity index (χ3n) is 3.72. The first-order chi connectivity index (χ1) is 13.9. The molecular formula is C18H16Cl3F3N2O3S. The van der Waals surface area contributed by atoms with Gasteiger partial charge in [-0.3, -0.25) is 4.72 Å². The highest BCUT2D eigenvalue weighted by Crippen LogP contribution is 2.30. The number of rotatable bonds is 8. The lowest BCUT2D eigenvalue weighted by atomic mass is 10.0. The second-order valence-corrected chi connectivity index (χ2v) is 8.98. The van der Waals surface area contributed by atoms with Gasteiger partial charge in [-0.05, 0) is 42.3 Å². The molecule has 0 radical (unpaired) electrons. The van der Waals surface area contributed by atoms with Crippen LogP contribution in [0.2, 0.25) is 15.1 Å². The van der Waals surface area contributed by atoms with Crippen LogP contribution in [0.1, 0.15) is 30.9 Å². The first kappa shape index (κ1) is 24.6. The average molecular weight is 504 g/mol. The molecule has 12 heteroatoms. The second-order valence-electron chi connectivity index (χ2n) is 6.05. The van der Waals surface area contributed by atoms with Crippen LogP contribution < -0.4 is 4.72 Å². The standard InChI is InChI=1S/C18H16Cl3F3N2O3S/c1-2-3-16(25-29-10-11-4-6-14(20)15(21)8-11)13-9-12(19)5-7-17(13)26-30(27,28)18(22,23)24/h4-9,26H,2-3,10H2,1H3. The normalized spacial score (nSPS) is 12.7. The van der Waals surface area contributed by atoms with Gasteiger partial charge >= 0.3 is 15.5 Å². The third-order valence-corrected chi connectivity index (χ3v) is 5.79. The lowest BCUT2D eigenvalue weighted by molar-refractivity contribution is -0.0429. The molecule has 0 aliphatic heterocycles. The number of alkyl halides is 3. The number of sulfonamides is 1. The summed E-state index contributed by atoms with van der Waals surface area (Å²) in [4.78, 5) is 5.32. The van der Waals surface area contributed by atoms with Crippen molar-refractivity contribution < 1.29 is 26.4 Å². The molecule has 2 rings (SSSR count). The Morgan fingerprint density at radius 1 is 1.10 bits per heavy atom. The van der Waals surface area contributed by atoms with Crippen LogP contribution in [0.15, 0.2) is 41.6 Å². The van der Waals surface area contributed by atoms with Crippen molar-refractivity contribution in [3.8, 4) is 0 Å². The number of anilines is 1. The van der Waals surface area contributed by atoms with Crippen LogP contribution in [0.3, 0.4) is 0 Å². The van der Waals surface area contributed by atoms with E-state index in [-0.39, 0.29) is 28.6 Å². The van der Waals surface area contributed by atoms with E-state index in [2.05, 4.69) is 5.16 Å². The summed E-state index contributed by atoms with van der Waals surface area (Å²) in [5.74, 6) is 0. The van der Waals surface area contributed by atoms with E-state index in [0.29, 0.717) is 28.5 Å². The van der Waals surface area contributed by atoms with Gasteiger partial charge in [0.1, 0.15) is 6.61 Å². The SMILES string of the molecule is CCCC(=NOCc1ccc(Cl)c(Cl)c1)c1cc(Cl)ccc1NS(=O)(=O)C(F)(F)F. The van der Waals surface area contributed by atoms with Gasteiger partial charge in [-0.25, -0.2) is 0 Å². The predicted molar refractivity (Wildman–Crippen MR) is 113 cm³/mol. The fraction of sp³-hybridized carbons (Fsp3) is 0.278. The fourth-order valence-electron chi connectivity index (χ4n) is 2.33. The Kier molecular flexibility index (Phi) is 8.27. The molecule has 0 heterocycles. The fourth-order valence-corrected chi connectivity index (χ4v) is 3.40. The molecule has 1 N–H and O–H groups in total. The Morgan fingerprint density at radius 3 is 2.40 bits per heavy atom. The van der Waals surface area contributed by atoms with Gasteiger partial charge in [-0.1, -0.05) is 59.4 Å². The summed E-state index contributed by atoms with van der Waals surface area (Å²) in [6, 6.07) is 8.55. The number of nitrogens with one attached hydrogen (secondary N) is 1. The maximum atomic E-state index is 12.8. The average Bonchev–Trinajstić information content (AvgIpc) is 2.64. The van der Waals surface area contributed by atoms with Gasteiger partial charge < -0.3 is 4.84 Å². The van der Waals surface area contributed by atoms with Crippen molar-refractivity contribution in [2.75, 3.05) is 4.72 Å². The van der Waals surface area contributed by atoms with Crippen molar-refractivity contribution >= 4 is 56.2 Å². The molecule has 5 nitrogen and oxygen atoms in total. The summed E-state index contributed by atoms with van der Waals surface area (Å²) in [6.45, 7) is 1.83. The number of halogens is 6. The van der Waals surface area contributed by atoms with E-state index >= 15 is 0 Å². The molecule has 0 saturated heterocycles. The Balaban J connectivity index is 2.34. The van der Waals surface area contributed by atoms with Crippen LogP contribution in [0.25, 0.3) is 0 Å². The molecule has 30 heavy (non-hydrogen) atoms. The van der Waals surface area contributed by atoms with E-state index < -0.39 is 15.5 Å². The molecule has 0 aliphatic rings. The van der Waals surface area contributed by atoms with Crippen molar-refractivity contribution in [1.82, 2.24) is 0 Å². The lowest BCUT2D eigenvalue weighted by Gasteiger charge is -2.15. The summed E-state index contributed by atoms with van der Waals surface area (Å²) in [5, 5.41) is 4.88. The van der Waals surface area contributed by atoms with Crippen molar-refractivity contribution in [3.05, 3.63) is 62.6 Å². The maximum absolute atomic E-state index is 12.8. The van der Waals surface area contributed by atoms with Crippen molar-refractivity contribution in [3.63, 3.8) is 0 Å². The highest BCUT2D eigenvalue weighted by Gasteiger charge is 2.46. The van der Waals surface area contributed by atoms with E-state index in [1.807, 2.05) is 6.92 Å². The number of oxime groups is 1. The topological polar surface area (TPSA) is 67.8 Å². The molecule has 0 unspecified atom stereocenters. The highest BCUT2D eigenvalue weighted by molar-refractivity contribution is 7.93. The molecule has 0 spiro atoms. The number of benzene rings is 2. The molecule has 0 atom stereocenters. The first-order valence-electron chi connectivity index (χ1n) is 8.46. The second kappa shape index (κ2) is 10.1. The molecule has 2 aromatic rings. The lowest BCUT2D eigenvalue weighted by Crippen LogP contribution is -2.30. The van der Waals surface area contributed by atoms with Crippen LogP contribution in [0, 0.1) is 0 Å². The van der Waals surface area contributed by atoms with Crippen LogP contribution in [0.4, 0.5) is 18.9 Å². The Labute approximate surface area is 186 Å². The third kappa shape index (κ3) is 6.41. The molecule has 0 aliphatic carbocycles. The van der Waals surface area contributed by atoms with Gasteiger partial charge in [0.2, 0.25) is 0 Å². The van der Waals surface area contributed by atoms with Crippen molar-refractivity contribution in [2.45, 2.75) is 31.9 Å². The Hall–Kier alpha value is -1.68. The van der Waals surface area contributed by atoms with Crippen molar-refractivity contribution in [1.29, 1.82) is 0 Å². The summed E-state index contributed by atoms with van der Waals surface area (Å²) in [7, 11) is -5.62.